The van der Waals surface area contributed by atoms with Crippen molar-refractivity contribution >= 4 is 5.91 Å². The highest BCUT2D eigenvalue weighted by molar-refractivity contribution is 5.76. The predicted molar refractivity (Wildman–Crippen MR) is 59.8 cm³/mol. The fourth-order valence-corrected chi connectivity index (χ4v) is 1.75. The van der Waals surface area contributed by atoms with Crippen molar-refractivity contribution in [1.82, 2.24) is 10.2 Å². The smallest absolute Gasteiger partial charge is 0.223 e. The lowest BCUT2D eigenvalue weighted by molar-refractivity contribution is -0.131. The van der Waals surface area contributed by atoms with Gasteiger partial charge in [0.05, 0.1) is 6.10 Å². The van der Waals surface area contributed by atoms with Crippen LogP contribution < -0.4 is 5.32 Å². The molecule has 0 saturated carbocycles. The van der Waals surface area contributed by atoms with Gasteiger partial charge in [-0.05, 0) is 19.9 Å². The molecule has 0 aliphatic carbocycles. The highest BCUT2D eigenvalue weighted by Gasteiger charge is 2.18. The van der Waals surface area contributed by atoms with E-state index in [9.17, 15) is 4.79 Å². The molecule has 1 heterocycles. The number of hydrogen-bond acceptors (Lipinski definition) is 3. The number of ether oxygens (including phenoxy) is 1. The molecular weight excluding hydrogens is 192 g/mol. The van der Waals surface area contributed by atoms with E-state index in [-0.39, 0.29) is 12.0 Å². The third kappa shape index (κ3) is 4.62. The van der Waals surface area contributed by atoms with E-state index in [1.807, 2.05) is 18.7 Å². The van der Waals surface area contributed by atoms with Gasteiger partial charge in [0, 0.05) is 32.7 Å². The van der Waals surface area contributed by atoms with Gasteiger partial charge >= 0.3 is 0 Å². The lowest BCUT2D eigenvalue weighted by atomic mass is 10.3. The Morgan fingerprint density at radius 1 is 1.60 bits per heavy atom. The standard InChI is InChI=1S/C11H22N2O2/c1-3-12-6-5-11(14)13-7-4-8-15-10(2)9-13/h10,12H,3-9H2,1-2H3. The first-order chi connectivity index (χ1) is 7.24. The van der Waals surface area contributed by atoms with Gasteiger partial charge in [-0.2, -0.15) is 0 Å². The molecule has 1 aliphatic rings. The van der Waals surface area contributed by atoms with Gasteiger partial charge < -0.3 is 15.0 Å². The molecule has 1 aliphatic heterocycles. The molecule has 0 aromatic carbocycles. The van der Waals surface area contributed by atoms with Gasteiger partial charge in [0.25, 0.3) is 0 Å². The van der Waals surface area contributed by atoms with Crippen LogP contribution in [0.25, 0.3) is 0 Å². The van der Waals surface area contributed by atoms with Crippen molar-refractivity contribution in [2.45, 2.75) is 32.8 Å². The summed E-state index contributed by atoms with van der Waals surface area (Å²) in [5.41, 5.74) is 0. The molecule has 1 fully saturated rings. The molecule has 1 unspecified atom stereocenters. The minimum absolute atomic E-state index is 0.176. The summed E-state index contributed by atoms with van der Waals surface area (Å²) in [6.45, 7) is 8.13. The lowest BCUT2D eigenvalue weighted by Crippen LogP contribution is -2.37. The second kappa shape index (κ2) is 6.80. The zero-order valence-corrected chi connectivity index (χ0v) is 9.79. The van der Waals surface area contributed by atoms with Crippen LogP contribution in [0.2, 0.25) is 0 Å². The van der Waals surface area contributed by atoms with E-state index in [0.29, 0.717) is 6.42 Å². The first-order valence-electron chi connectivity index (χ1n) is 5.84. The van der Waals surface area contributed by atoms with E-state index in [1.54, 1.807) is 0 Å². The number of amides is 1. The molecule has 15 heavy (non-hydrogen) atoms. The van der Waals surface area contributed by atoms with Gasteiger partial charge in [0.2, 0.25) is 5.91 Å². The van der Waals surface area contributed by atoms with Crippen molar-refractivity contribution in [3.8, 4) is 0 Å². The van der Waals surface area contributed by atoms with Crippen LogP contribution in [0.3, 0.4) is 0 Å². The minimum Gasteiger partial charge on any atom is -0.377 e. The Balaban J connectivity index is 2.29. The fourth-order valence-electron chi connectivity index (χ4n) is 1.75. The van der Waals surface area contributed by atoms with Crippen LogP contribution in [0.1, 0.15) is 26.7 Å². The molecule has 1 rings (SSSR count). The molecule has 0 radical (unpaired) electrons. The summed E-state index contributed by atoms with van der Waals surface area (Å²) in [5, 5.41) is 3.17. The van der Waals surface area contributed by atoms with Crippen molar-refractivity contribution in [3.63, 3.8) is 0 Å². The molecule has 0 bridgehead atoms. The molecule has 1 amide bonds. The van der Waals surface area contributed by atoms with E-state index in [0.717, 1.165) is 39.2 Å². The van der Waals surface area contributed by atoms with E-state index < -0.39 is 0 Å². The van der Waals surface area contributed by atoms with Crippen LogP contribution >= 0.6 is 0 Å². The van der Waals surface area contributed by atoms with Crippen molar-refractivity contribution in [1.29, 1.82) is 0 Å². The fraction of sp³-hybridized carbons (Fsp3) is 0.909. The number of hydrogen-bond donors (Lipinski definition) is 1. The monoisotopic (exact) mass is 214 g/mol. The molecule has 1 N–H and O–H groups in total. The van der Waals surface area contributed by atoms with Gasteiger partial charge in [-0.15, -0.1) is 0 Å². The number of rotatable bonds is 4. The van der Waals surface area contributed by atoms with Crippen LogP contribution in [0.5, 0.6) is 0 Å². The Bertz CT molecular complexity index is 197. The number of carbonyl (C=O) groups is 1. The first kappa shape index (κ1) is 12.5. The van der Waals surface area contributed by atoms with E-state index >= 15 is 0 Å². The van der Waals surface area contributed by atoms with E-state index in [1.165, 1.54) is 0 Å². The Kier molecular flexibility index (Phi) is 5.65. The van der Waals surface area contributed by atoms with E-state index in [2.05, 4.69) is 5.32 Å². The first-order valence-corrected chi connectivity index (χ1v) is 5.84. The normalized spacial score (nSPS) is 22.5. The maximum Gasteiger partial charge on any atom is 0.223 e. The van der Waals surface area contributed by atoms with Crippen LogP contribution in [0.4, 0.5) is 0 Å². The van der Waals surface area contributed by atoms with Crippen molar-refractivity contribution in [2.75, 3.05) is 32.8 Å². The Morgan fingerprint density at radius 3 is 3.13 bits per heavy atom. The van der Waals surface area contributed by atoms with E-state index in [4.69, 9.17) is 4.74 Å². The molecule has 1 saturated heterocycles. The summed E-state index contributed by atoms with van der Waals surface area (Å²) in [6, 6.07) is 0. The van der Waals surface area contributed by atoms with Gasteiger partial charge in [-0.25, -0.2) is 0 Å². The molecule has 0 aromatic rings. The SMILES string of the molecule is CCNCCC(=O)N1CCCOC(C)C1. The number of nitrogens with zero attached hydrogens (tertiary/aromatic N) is 1. The average molecular weight is 214 g/mol. The molecule has 4 nitrogen and oxygen atoms in total. The highest BCUT2D eigenvalue weighted by Crippen LogP contribution is 2.06. The van der Waals surface area contributed by atoms with Crippen molar-refractivity contribution in [3.05, 3.63) is 0 Å². The number of nitrogens with one attached hydrogen (secondary N) is 1. The molecule has 0 aromatic heterocycles. The molecular formula is C11H22N2O2. The van der Waals surface area contributed by atoms with Crippen molar-refractivity contribution in [2.24, 2.45) is 0 Å². The quantitative estimate of drug-likeness (QED) is 0.698. The molecule has 1 atom stereocenters. The molecule has 4 heteroatoms. The summed E-state index contributed by atoms with van der Waals surface area (Å²) in [4.78, 5) is 13.7. The zero-order valence-electron chi connectivity index (χ0n) is 9.79. The average Bonchev–Trinajstić information content (AvgIpc) is 2.43. The molecule has 88 valence electrons. The van der Waals surface area contributed by atoms with Crippen LogP contribution in [-0.2, 0) is 9.53 Å². The Labute approximate surface area is 92.0 Å². The maximum absolute atomic E-state index is 11.8. The van der Waals surface area contributed by atoms with Crippen LogP contribution in [0.15, 0.2) is 0 Å². The number of carbonyl (C=O) groups excluding carboxylic acids is 1. The highest BCUT2D eigenvalue weighted by atomic mass is 16.5. The maximum atomic E-state index is 11.8. The summed E-state index contributed by atoms with van der Waals surface area (Å²) in [6.07, 6.45) is 1.73. The van der Waals surface area contributed by atoms with Gasteiger partial charge in [-0.3, -0.25) is 4.79 Å². The third-order valence-electron chi connectivity index (χ3n) is 2.57. The summed E-state index contributed by atoms with van der Waals surface area (Å²) in [5.74, 6) is 0.244. The lowest BCUT2D eigenvalue weighted by Gasteiger charge is -2.22. The largest absolute Gasteiger partial charge is 0.377 e. The minimum atomic E-state index is 0.176. The van der Waals surface area contributed by atoms with Crippen LogP contribution in [0, 0.1) is 0 Å². The second-order valence-corrected chi connectivity index (χ2v) is 3.98. The van der Waals surface area contributed by atoms with Crippen LogP contribution in [-0.4, -0.2) is 49.7 Å². The summed E-state index contributed by atoms with van der Waals surface area (Å²) in [7, 11) is 0. The third-order valence-corrected chi connectivity index (χ3v) is 2.57. The Morgan fingerprint density at radius 2 is 2.40 bits per heavy atom. The predicted octanol–water partition coefficient (Wildman–Crippen LogP) is 0.623. The Hall–Kier alpha value is -0.610. The van der Waals surface area contributed by atoms with Crippen molar-refractivity contribution < 1.29 is 9.53 Å². The van der Waals surface area contributed by atoms with Gasteiger partial charge in [-0.1, -0.05) is 6.92 Å². The second-order valence-electron chi connectivity index (χ2n) is 3.98. The van der Waals surface area contributed by atoms with Gasteiger partial charge in [0.15, 0.2) is 0 Å². The zero-order chi connectivity index (χ0) is 11.1. The topological polar surface area (TPSA) is 41.6 Å². The summed E-state index contributed by atoms with van der Waals surface area (Å²) >= 11 is 0. The summed E-state index contributed by atoms with van der Waals surface area (Å²) < 4.78 is 5.50. The molecule has 0 spiro atoms. The van der Waals surface area contributed by atoms with Gasteiger partial charge in [0.1, 0.15) is 0 Å².